The first-order valence-corrected chi connectivity index (χ1v) is 8.00. The van der Waals surface area contributed by atoms with E-state index >= 15 is 0 Å². The van der Waals surface area contributed by atoms with Crippen LogP contribution in [0.1, 0.15) is 13.3 Å². The first-order valence-electron chi connectivity index (χ1n) is 8.00. The van der Waals surface area contributed by atoms with Crippen molar-refractivity contribution in [2.45, 2.75) is 18.9 Å². The molecule has 1 atom stereocenters. The third-order valence-corrected chi connectivity index (χ3v) is 4.67. The van der Waals surface area contributed by atoms with E-state index in [2.05, 4.69) is 35.1 Å². The van der Waals surface area contributed by atoms with Gasteiger partial charge in [0.1, 0.15) is 5.71 Å². The molecule has 0 radical (unpaired) electrons. The minimum Gasteiger partial charge on any atom is -0.464 e. The van der Waals surface area contributed by atoms with E-state index in [0.29, 0.717) is 12.1 Å². The van der Waals surface area contributed by atoms with E-state index < -0.39 is 0 Å². The number of hydrogen-bond donors (Lipinski definition) is 0. The van der Waals surface area contributed by atoms with Crippen molar-refractivity contribution in [2.75, 3.05) is 23.6 Å². The average molecular weight is 321 g/mol. The first kappa shape index (κ1) is 14.8. The number of hydrogen-bond acceptors (Lipinski definition) is 5. The van der Waals surface area contributed by atoms with Crippen LogP contribution in [0.2, 0.25) is 0 Å². The molecule has 2 aliphatic heterocycles. The predicted octanol–water partition coefficient (Wildman–Crippen LogP) is 3.34. The van der Waals surface area contributed by atoms with Gasteiger partial charge in [-0.05, 0) is 31.2 Å². The van der Waals surface area contributed by atoms with Crippen molar-refractivity contribution in [2.24, 2.45) is 5.10 Å². The second-order valence-electron chi connectivity index (χ2n) is 6.43. The highest BCUT2D eigenvalue weighted by Crippen LogP contribution is 2.46. The lowest BCUT2D eigenvalue weighted by atomic mass is 9.91. The van der Waals surface area contributed by atoms with Crippen LogP contribution in [0.25, 0.3) is 0 Å². The van der Waals surface area contributed by atoms with E-state index in [4.69, 9.17) is 4.74 Å². The van der Waals surface area contributed by atoms with E-state index in [1.54, 1.807) is 0 Å². The fraction of sp³-hybridized carbons (Fsp3) is 0.263. The molecule has 2 aromatic rings. The third kappa shape index (κ3) is 2.16. The van der Waals surface area contributed by atoms with Gasteiger partial charge in [-0.3, -0.25) is 5.01 Å². The molecule has 0 saturated carbocycles. The molecule has 0 aromatic heterocycles. The Kier molecular flexibility index (Phi) is 3.30. The number of esters is 1. The van der Waals surface area contributed by atoms with Crippen molar-refractivity contribution in [3.05, 3.63) is 54.6 Å². The zero-order chi connectivity index (χ0) is 16.7. The number of carbonyl (C=O) groups is 1. The van der Waals surface area contributed by atoms with Gasteiger partial charge in [-0.2, -0.15) is 5.10 Å². The Labute approximate surface area is 141 Å². The van der Waals surface area contributed by atoms with Crippen molar-refractivity contribution in [1.82, 2.24) is 0 Å². The number of anilines is 3. The molecule has 1 unspecified atom stereocenters. The Hall–Kier alpha value is -2.82. The Bertz CT molecular complexity index is 818. The quantitative estimate of drug-likeness (QED) is 0.796. The Balaban J connectivity index is 1.82. The molecule has 0 amide bonds. The normalized spacial score (nSPS) is 21.8. The number of rotatable bonds is 2. The van der Waals surface area contributed by atoms with E-state index in [9.17, 15) is 4.79 Å². The largest absolute Gasteiger partial charge is 0.464 e. The van der Waals surface area contributed by atoms with Crippen molar-refractivity contribution < 1.29 is 9.53 Å². The summed E-state index contributed by atoms with van der Waals surface area (Å²) >= 11 is 0. The number of methoxy groups -OCH3 is 1. The molecule has 2 aliphatic rings. The van der Waals surface area contributed by atoms with Gasteiger partial charge in [-0.25, -0.2) is 4.79 Å². The van der Waals surface area contributed by atoms with Crippen LogP contribution in [0.3, 0.4) is 0 Å². The standard InChI is InChI=1S/C19H19N3O2/c1-19-12-15(18(23)24-2)20-22(19)17-11-7-6-10-16(17)21(13-19)14-8-4-3-5-9-14/h3-11H,12-13H2,1-2H3. The number of fused-ring (bicyclic) bond motifs is 3. The van der Waals surface area contributed by atoms with Gasteiger partial charge in [0.2, 0.25) is 0 Å². The minimum absolute atomic E-state index is 0.284. The zero-order valence-corrected chi connectivity index (χ0v) is 13.8. The van der Waals surface area contributed by atoms with Crippen molar-refractivity contribution in [3.8, 4) is 0 Å². The molecule has 5 heteroatoms. The topological polar surface area (TPSA) is 45.1 Å². The zero-order valence-electron chi connectivity index (χ0n) is 13.8. The van der Waals surface area contributed by atoms with Crippen LogP contribution < -0.4 is 9.91 Å². The third-order valence-electron chi connectivity index (χ3n) is 4.67. The monoisotopic (exact) mass is 321 g/mol. The highest BCUT2D eigenvalue weighted by molar-refractivity contribution is 6.37. The van der Waals surface area contributed by atoms with E-state index in [-0.39, 0.29) is 11.5 Å². The molecular formula is C19H19N3O2. The summed E-state index contributed by atoms with van der Waals surface area (Å²) in [6.07, 6.45) is 0.567. The molecule has 24 heavy (non-hydrogen) atoms. The van der Waals surface area contributed by atoms with Crippen LogP contribution in [0.5, 0.6) is 0 Å². The van der Waals surface area contributed by atoms with Gasteiger partial charge in [0, 0.05) is 18.7 Å². The smallest absolute Gasteiger partial charge is 0.354 e. The highest BCUT2D eigenvalue weighted by Gasteiger charge is 2.47. The lowest BCUT2D eigenvalue weighted by molar-refractivity contribution is -0.132. The lowest BCUT2D eigenvalue weighted by Gasteiger charge is -2.45. The number of nitrogens with zero attached hydrogens (tertiary/aromatic N) is 3. The molecule has 5 nitrogen and oxygen atoms in total. The second kappa shape index (κ2) is 5.37. The van der Waals surface area contributed by atoms with E-state index in [1.165, 1.54) is 7.11 Å². The van der Waals surface area contributed by atoms with Gasteiger partial charge < -0.3 is 9.64 Å². The molecule has 122 valence electrons. The van der Waals surface area contributed by atoms with Crippen molar-refractivity contribution in [1.29, 1.82) is 0 Å². The van der Waals surface area contributed by atoms with Gasteiger partial charge in [0.05, 0.1) is 24.0 Å². The van der Waals surface area contributed by atoms with Gasteiger partial charge in [0.25, 0.3) is 0 Å². The summed E-state index contributed by atoms with van der Waals surface area (Å²) in [4.78, 5) is 14.3. The van der Waals surface area contributed by atoms with E-state index in [0.717, 1.165) is 23.6 Å². The Morgan fingerprint density at radius 2 is 1.75 bits per heavy atom. The Morgan fingerprint density at radius 3 is 2.46 bits per heavy atom. The van der Waals surface area contributed by atoms with Crippen LogP contribution in [-0.4, -0.2) is 30.9 Å². The molecule has 0 aliphatic carbocycles. The van der Waals surface area contributed by atoms with Crippen LogP contribution in [-0.2, 0) is 9.53 Å². The summed E-state index contributed by atoms with van der Waals surface area (Å²) in [7, 11) is 1.40. The Morgan fingerprint density at radius 1 is 1.08 bits per heavy atom. The van der Waals surface area contributed by atoms with Crippen molar-refractivity contribution in [3.63, 3.8) is 0 Å². The fourth-order valence-electron chi connectivity index (χ4n) is 3.55. The van der Waals surface area contributed by atoms with Crippen LogP contribution in [0.15, 0.2) is 59.7 Å². The summed E-state index contributed by atoms with van der Waals surface area (Å²) in [6, 6.07) is 18.5. The summed E-state index contributed by atoms with van der Waals surface area (Å²) in [5, 5.41) is 6.55. The second-order valence-corrected chi connectivity index (χ2v) is 6.43. The van der Waals surface area contributed by atoms with Crippen LogP contribution >= 0.6 is 0 Å². The molecule has 0 fully saturated rings. The highest BCUT2D eigenvalue weighted by atomic mass is 16.5. The molecule has 0 saturated heterocycles. The average Bonchev–Trinajstić information content (AvgIpc) is 2.99. The maximum atomic E-state index is 12.0. The summed E-state index contributed by atoms with van der Waals surface area (Å²) in [5.74, 6) is -0.352. The first-order chi connectivity index (χ1) is 11.6. The predicted molar refractivity (Wildman–Crippen MR) is 94.8 cm³/mol. The minimum atomic E-state index is -0.352. The molecule has 2 heterocycles. The van der Waals surface area contributed by atoms with Gasteiger partial charge >= 0.3 is 5.97 Å². The van der Waals surface area contributed by atoms with Gasteiger partial charge in [-0.1, -0.05) is 30.3 Å². The number of hydrazone groups is 1. The van der Waals surface area contributed by atoms with E-state index in [1.807, 2.05) is 41.4 Å². The molecule has 0 spiro atoms. The van der Waals surface area contributed by atoms with Gasteiger partial charge in [0.15, 0.2) is 0 Å². The summed E-state index contributed by atoms with van der Waals surface area (Å²) in [5.41, 5.74) is 3.43. The molecule has 0 N–H and O–H groups in total. The van der Waals surface area contributed by atoms with Gasteiger partial charge in [-0.15, -0.1) is 0 Å². The summed E-state index contributed by atoms with van der Waals surface area (Å²) < 4.78 is 4.87. The molecule has 4 rings (SSSR count). The number of ether oxygens (including phenoxy) is 1. The SMILES string of the molecule is COC(=O)C1=NN2c3ccccc3N(c3ccccc3)CC2(C)C1. The molecule has 0 bridgehead atoms. The van der Waals surface area contributed by atoms with Crippen molar-refractivity contribution >= 4 is 28.7 Å². The lowest BCUT2D eigenvalue weighted by Crippen LogP contribution is -2.52. The maximum absolute atomic E-state index is 12.0. The molecular weight excluding hydrogens is 302 g/mol. The van der Waals surface area contributed by atoms with Crippen LogP contribution in [0.4, 0.5) is 17.1 Å². The maximum Gasteiger partial charge on any atom is 0.354 e. The van der Waals surface area contributed by atoms with Crippen LogP contribution in [0, 0.1) is 0 Å². The summed E-state index contributed by atoms with van der Waals surface area (Å²) in [6.45, 7) is 2.89. The number of para-hydroxylation sites is 3. The molecule has 2 aromatic carbocycles. The number of benzene rings is 2. The number of carbonyl (C=O) groups excluding carboxylic acids is 1. The fourth-order valence-corrected chi connectivity index (χ4v) is 3.55.